The van der Waals surface area contributed by atoms with Crippen LogP contribution in [0.5, 0.6) is 0 Å². The van der Waals surface area contributed by atoms with Gasteiger partial charge in [-0.1, -0.05) is 4.85 Å². The number of nitriles is 1. The molecule has 0 N–H and O–H groups in total. The highest BCUT2D eigenvalue weighted by Crippen LogP contribution is 1.96. The molecule has 0 rings (SSSR count). The molecule has 0 unspecified atom stereocenters. The lowest BCUT2D eigenvalue weighted by Gasteiger charge is -1.81. The zero-order chi connectivity index (χ0) is 6.95. The zero-order valence-electron chi connectivity index (χ0n) is 5.72. The molecule has 0 aliphatic rings. The predicted octanol–water partition coefficient (Wildman–Crippen LogP) is 2.03. The normalized spacial score (nSPS) is 7.11. The summed E-state index contributed by atoms with van der Waals surface area (Å²) in [5.41, 5.74) is 0. The van der Waals surface area contributed by atoms with E-state index in [-0.39, 0.29) is 0 Å². The minimum absolute atomic E-state index is 0.658. The molecule has 0 atom stereocenters. The minimum Gasteiger partial charge on any atom is -0.198 e. The van der Waals surface area contributed by atoms with Crippen molar-refractivity contribution in [3.8, 4) is 12.1 Å². The molecule has 0 aromatic heterocycles. The van der Waals surface area contributed by atoms with Crippen molar-refractivity contribution in [3.63, 3.8) is 0 Å². The maximum Gasteiger partial charge on any atom is 0.272 e. The fourth-order valence-electron chi connectivity index (χ4n) is 0.520. The molecule has 0 spiro atoms. The summed E-state index contributed by atoms with van der Waals surface area (Å²) in [5, 5.41) is 8.13. The maximum atomic E-state index is 8.13. The first-order valence-electron chi connectivity index (χ1n) is 3.10. The molecule has 0 heterocycles. The standard InChI is InChI=1S/C7H11N2/c1-9-7-5-3-2-4-6-8/h2-5H2,1H3/q+1. The van der Waals surface area contributed by atoms with Crippen LogP contribution in [-0.2, 0) is 0 Å². The summed E-state index contributed by atoms with van der Waals surface area (Å²) in [4.78, 5) is 3.70. The molecular formula is C7H11N2+. The van der Waals surface area contributed by atoms with E-state index in [1.807, 2.05) is 0 Å². The Bertz CT molecular complexity index is 145. The molecule has 0 saturated heterocycles. The van der Waals surface area contributed by atoms with Gasteiger partial charge in [0.05, 0.1) is 12.5 Å². The average molecular weight is 123 g/mol. The van der Waals surface area contributed by atoms with E-state index in [1.165, 1.54) is 0 Å². The van der Waals surface area contributed by atoms with Gasteiger partial charge in [0.2, 0.25) is 0 Å². The molecule has 9 heavy (non-hydrogen) atoms. The number of hydrogen-bond donors (Lipinski definition) is 0. The van der Waals surface area contributed by atoms with Crippen molar-refractivity contribution in [2.75, 3.05) is 7.05 Å². The van der Waals surface area contributed by atoms with Crippen LogP contribution in [0.15, 0.2) is 0 Å². The van der Waals surface area contributed by atoms with Gasteiger partial charge in [0, 0.05) is 6.42 Å². The molecule has 0 saturated carbocycles. The Kier molecular flexibility index (Phi) is 6.19. The zero-order valence-corrected chi connectivity index (χ0v) is 5.72. The van der Waals surface area contributed by atoms with E-state index in [0.29, 0.717) is 6.42 Å². The van der Waals surface area contributed by atoms with Crippen molar-refractivity contribution in [2.24, 2.45) is 0 Å². The minimum atomic E-state index is 0.658. The lowest BCUT2D eigenvalue weighted by atomic mass is 10.2. The van der Waals surface area contributed by atoms with Gasteiger partial charge in [0.1, 0.15) is 0 Å². The van der Waals surface area contributed by atoms with E-state index in [4.69, 9.17) is 5.26 Å². The number of nitrogens with zero attached hydrogens (tertiary/aromatic N) is 2. The molecule has 0 fully saturated rings. The first-order chi connectivity index (χ1) is 4.41. The molecule has 2 heteroatoms. The Labute approximate surface area is 55.9 Å². The summed E-state index contributed by atoms with van der Waals surface area (Å²) < 4.78 is 0. The molecular weight excluding hydrogens is 112 g/mol. The van der Waals surface area contributed by atoms with Crippen molar-refractivity contribution in [3.05, 3.63) is 4.85 Å². The molecule has 0 aliphatic carbocycles. The molecule has 0 aromatic carbocycles. The van der Waals surface area contributed by atoms with Gasteiger partial charge in [0.15, 0.2) is 0 Å². The second-order valence-electron chi connectivity index (χ2n) is 1.75. The fourth-order valence-corrected chi connectivity index (χ4v) is 0.520. The van der Waals surface area contributed by atoms with Crippen molar-refractivity contribution >= 4 is 0 Å². The third-order valence-corrected chi connectivity index (χ3v) is 0.985. The van der Waals surface area contributed by atoms with Gasteiger partial charge in [-0.3, -0.25) is 0 Å². The van der Waals surface area contributed by atoms with E-state index in [0.717, 1.165) is 19.3 Å². The summed E-state index contributed by atoms with van der Waals surface area (Å²) >= 11 is 0. The molecule has 0 aliphatic heterocycles. The quantitative estimate of drug-likeness (QED) is 0.528. The van der Waals surface area contributed by atoms with Crippen LogP contribution in [-0.4, -0.2) is 7.05 Å². The summed E-state index contributed by atoms with van der Waals surface area (Å²) in [5.74, 6) is 0. The van der Waals surface area contributed by atoms with Crippen molar-refractivity contribution in [2.45, 2.75) is 25.7 Å². The SMILES string of the molecule is C[N+]#CCCCCC#N. The third-order valence-electron chi connectivity index (χ3n) is 0.985. The number of rotatable bonds is 3. The summed E-state index contributed by atoms with van der Waals surface area (Å²) in [6.45, 7) is 0. The van der Waals surface area contributed by atoms with Gasteiger partial charge in [0.25, 0.3) is 13.1 Å². The van der Waals surface area contributed by atoms with E-state index >= 15 is 0 Å². The van der Waals surface area contributed by atoms with Gasteiger partial charge in [-0.2, -0.15) is 5.26 Å². The number of hydrogen-bond acceptors (Lipinski definition) is 1. The molecule has 2 nitrogen and oxygen atoms in total. The van der Waals surface area contributed by atoms with Crippen LogP contribution < -0.4 is 0 Å². The van der Waals surface area contributed by atoms with Crippen molar-refractivity contribution in [1.29, 1.82) is 5.26 Å². The smallest absolute Gasteiger partial charge is 0.198 e. The Morgan fingerprint density at radius 3 is 2.56 bits per heavy atom. The van der Waals surface area contributed by atoms with Crippen LogP contribution in [0.4, 0.5) is 0 Å². The van der Waals surface area contributed by atoms with Gasteiger partial charge >= 0.3 is 0 Å². The fraction of sp³-hybridized carbons (Fsp3) is 0.714. The van der Waals surface area contributed by atoms with Crippen LogP contribution >= 0.6 is 0 Å². The van der Waals surface area contributed by atoms with Crippen LogP contribution in [0.25, 0.3) is 4.85 Å². The maximum absolute atomic E-state index is 8.13. The Morgan fingerprint density at radius 1 is 1.33 bits per heavy atom. The van der Waals surface area contributed by atoms with Crippen LogP contribution in [0.3, 0.4) is 0 Å². The topological polar surface area (TPSA) is 28.1 Å². The first-order valence-corrected chi connectivity index (χ1v) is 3.10. The molecule has 0 bridgehead atoms. The summed E-state index contributed by atoms with van der Waals surface area (Å²) in [7, 11) is 1.71. The van der Waals surface area contributed by atoms with Crippen LogP contribution in [0, 0.1) is 17.4 Å². The highest BCUT2D eigenvalue weighted by atomic mass is 14.6. The van der Waals surface area contributed by atoms with Crippen LogP contribution in [0.1, 0.15) is 25.7 Å². The second kappa shape index (κ2) is 6.98. The Balaban J connectivity index is 2.91. The van der Waals surface area contributed by atoms with Gasteiger partial charge in [-0.15, -0.1) is 0 Å². The largest absolute Gasteiger partial charge is 0.272 e. The molecule has 0 amide bonds. The van der Waals surface area contributed by atoms with Gasteiger partial charge < -0.3 is 0 Å². The predicted molar refractivity (Wildman–Crippen MR) is 37.3 cm³/mol. The highest BCUT2D eigenvalue weighted by Gasteiger charge is 1.87. The molecule has 48 valence electrons. The third kappa shape index (κ3) is 6.98. The van der Waals surface area contributed by atoms with E-state index in [9.17, 15) is 0 Å². The first kappa shape index (κ1) is 7.98. The Hall–Kier alpha value is -1.02. The van der Waals surface area contributed by atoms with Crippen molar-refractivity contribution < 1.29 is 0 Å². The second-order valence-corrected chi connectivity index (χ2v) is 1.75. The van der Waals surface area contributed by atoms with Gasteiger partial charge in [-0.25, -0.2) is 0 Å². The molecule has 0 radical (unpaired) electrons. The highest BCUT2D eigenvalue weighted by molar-refractivity contribution is 4.82. The Morgan fingerprint density at radius 2 is 2.00 bits per heavy atom. The van der Waals surface area contributed by atoms with E-state index in [2.05, 4.69) is 17.0 Å². The van der Waals surface area contributed by atoms with Crippen molar-refractivity contribution in [1.82, 2.24) is 0 Å². The lowest BCUT2D eigenvalue weighted by molar-refractivity contribution is 0.777. The van der Waals surface area contributed by atoms with Gasteiger partial charge in [-0.05, 0) is 12.8 Å². The number of unbranched alkanes of at least 4 members (excludes halogenated alkanes) is 3. The van der Waals surface area contributed by atoms with E-state index in [1.54, 1.807) is 7.05 Å². The van der Waals surface area contributed by atoms with E-state index < -0.39 is 0 Å². The molecule has 0 aromatic rings. The van der Waals surface area contributed by atoms with Crippen LogP contribution in [0.2, 0.25) is 0 Å². The average Bonchev–Trinajstić information content (AvgIpc) is 1.89. The summed E-state index contributed by atoms with van der Waals surface area (Å²) in [6, 6.07) is 4.91. The lowest BCUT2D eigenvalue weighted by Crippen LogP contribution is -1.71. The summed E-state index contributed by atoms with van der Waals surface area (Å²) in [6.07, 6.45) is 3.55. The monoisotopic (exact) mass is 123 g/mol.